The topological polar surface area (TPSA) is 41.5 Å². The maximum Gasteiger partial charge on any atom is 0.271 e. The molecule has 1 aromatic carbocycles. The lowest BCUT2D eigenvalue weighted by molar-refractivity contribution is 0.0954. The average molecular weight is 312 g/mol. The molecule has 0 aromatic heterocycles. The molecule has 23 heavy (non-hydrogen) atoms. The van der Waals surface area contributed by atoms with Crippen molar-refractivity contribution in [2.75, 3.05) is 0 Å². The number of fused-ring (bicyclic) bond motifs is 2. The fourth-order valence-electron chi connectivity index (χ4n) is 4.16. The van der Waals surface area contributed by atoms with E-state index in [1.807, 2.05) is 24.3 Å². The number of carbonyl (C=O) groups excluding carboxylic acids is 1. The van der Waals surface area contributed by atoms with Crippen LogP contribution in [0.25, 0.3) is 0 Å². The maximum absolute atomic E-state index is 12.3. The van der Waals surface area contributed by atoms with Gasteiger partial charge in [0.25, 0.3) is 5.91 Å². The third-order valence-corrected chi connectivity index (χ3v) is 5.62. The molecule has 2 aliphatic carbocycles. The zero-order chi connectivity index (χ0) is 16.6. The Kier molecular flexibility index (Phi) is 4.31. The van der Waals surface area contributed by atoms with E-state index in [0.29, 0.717) is 11.5 Å². The minimum Gasteiger partial charge on any atom is -0.267 e. The second-order valence-corrected chi connectivity index (χ2v) is 8.30. The van der Waals surface area contributed by atoms with E-state index in [2.05, 4.69) is 38.2 Å². The summed E-state index contributed by atoms with van der Waals surface area (Å²) in [6, 6.07) is 7.83. The summed E-state index contributed by atoms with van der Waals surface area (Å²) >= 11 is 0. The van der Waals surface area contributed by atoms with E-state index in [-0.39, 0.29) is 11.3 Å². The molecule has 0 saturated heterocycles. The predicted octanol–water partition coefficient (Wildman–Crippen LogP) is 4.53. The number of amides is 1. The van der Waals surface area contributed by atoms with Crippen LogP contribution in [0.1, 0.15) is 69.3 Å². The molecule has 0 aliphatic heterocycles. The number of benzene rings is 1. The quantitative estimate of drug-likeness (QED) is 0.647. The molecule has 1 amide bonds. The SMILES string of the molecule is CC(=NNC(=O)c1ccc(C(C)(C)C)cc1)C1CC2CCC1C2. The van der Waals surface area contributed by atoms with Gasteiger partial charge in [-0.15, -0.1) is 0 Å². The zero-order valence-corrected chi connectivity index (χ0v) is 14.7. The highest BCUT2D eigenvalue weighted by Gasteiger charge is 2.40. The van der Waals surface area contributed by atoms with Crippen LogP contribution in [0.2, 0.25) is 0 Å². The highest BCUT2D eigenvalue weighted by atomic mass is 16.2. The Hall–Kier alpha value is -1.64. The molecule has 2 bridgehead atoms. The Morgan fingerprint density at radius 1 is 1.13 bits per heavy atom. The average Bonchev–Trinajstić information content (AvgIpc) is 3.14. The summed E-state index contributed by atoms with van der Waals surface area (Å²) in [5.74, 6) is 2.16. The maximum atomic E-state index is 12.3. The molecule has 1 N–H and O–H groups in total. The van der Waals surface area contributed by atoms with Crippen LogP contribution in [0.3, 0.4) is 0 Å². The van der Waals surface area contributed by atoms with E-state index in [0.717, 1.165) is 17.5 Å². The predicted molar refractivity (Wildman–Crippen MR) is 94.7 cm³/mol. The first-order valence-electron chi connectivity index (χ1n) is 8.79. The largest absolute Gasteiger partial charge is 0.271 e. The van der Waals surface area contributed by atoms with Gasteiger partial charge in [-0.3, -0.25) is 4.79 Å². The molecule has 0 spiro atoms. The van der Waals surface area contributed by atoms with Crippen LogP contribution in [0.15, 0.2) is 29.4 Å². The van der Waals surface area contributed by atoms with Crippen molar-refractivity contribution in [3.05, 3.63) is 35.4 Å². The molecule has 0 heterocycles. The molecule has 2 aliphatic rings. The van der Waals surface area contributed by atoms with E-state index in [1.165, 1.54) is 31.2 Å². The number of hydrogen-bond donors (Lipinski definition) is 1. The highest BCUT2D eigenvalue weighted by Crippen LogP contribution is 2.48. The van der Waals surface area contributed by atoms with Gasteiger partial charge in [-0.2, -0.15) is 5.10 Å². The second kappa shape index (κ2) is 6.10. The van der Waals surface area contributed by atoms with Gasteiger partial charge in [0.15, 0.2) is 0 Å². The normalized spacial score (nSPS) is 27.3. The fourth-order valence-corrected chi connectivity index (χ4v) is 4.16. The van der Waals surface area contributed by atoms with Gasteiger partial charge in [-0.05, 0) is 61.1 Å². The monoisotopic (exact) mass is 312 g/mol. The number of hydrogen-bond acceptors (Lipinski definition) is 2. The Labute approximate surface area is 139 Å². The fraction of sp³-hybridized carbons (Fsp3) is 0.600. The van der Waals surface area contributed by atoms with Gasteiger partial charge in [0.2, 0.25) is 0 Å². The lowest BCUT2D eigenvalue weighted by Gasteiger charge is -2.21. The summed E-state index contributed by atoms with van der Waals surface area (Å²) in [5, 5.41) is 4.39. The number of carbonyl (C=O) groups is 1. The van der Waals surface area contributed by atoms with Gasteiger partial charge in [-0.25, -0.2) is 5.43 Å². The molecule has 2 saturated carbocycles. The van der Waals surface area contributed by atoms with Crippen molar-refractivity contribution in [1.82, 2.24) is 5.43 Å². The number of nitrogens with zero attached hydrogens (tertiary/aromatic N) is 1. The third kappa shape index (κ3) is 3.49. The summed E-state index contributed by atoms with van der Waals surface area (Å²) in [7, 11) is 0. The van der Waals surface area contributed by atoms with Crippen molar-refractivity contribution in [2.45, 2.75) is 58.8 Å². The van der Waals surface area contributed by atoms with Gasteiger partial charge in [0.05, 0.1) is 0 Å². The standard InChI is InChI=1S/C20H28N2O/c1-13(18-12-14-5-6-16(18)11-14)21-22-19(23)15-7-9-17(10-8-15)20(2,3)4/h7-10,14,16,18H,5-6,11-12H2,1-4H3,(H,22,23). The molecule has 3 nitrogen and oxygen atoms in total. The Balaban J connectivity index is 1.61. The molecule has 124 valence electrons. The number of nitrogens with one attached hydrogen (secondary N) is 1. The summed E-state index contributed by atoms with van der Waals surface area (Å²) in [6.07, 6.45) is 5.35. The van der Waals surface area contributed by atoms with Crippen LogP contribution in [-0.2, 0) is 5.41 Å². The number of hydrazone groups is 1. The molecule has 3 heteroatoms. The first-order valence-corrected chi connectivity index (χ1v) is 8.79. The van der Waals surface area contributed by atoms with Crippen LogP contribution in [-0.4, -0.2) is 11.6 Å². The van der Waals surface area contributed by atoms with E-state index < -0.39 is 0 Å². The van der Waals surface area contributed by atoms with Crippen molar-refractivity contribution in [3.63, 3.8) is 0 Å². The first-order chi connectivity index (χ1) is 10.8. The molecule has 1 aromatic rings. The minimum atomic E-state index is -0.118. The van der Waals surface area contributed by atoms with E-state index in [4.69, 9.17) is 0 Å². The van der Waals surface area contributed by atoms with Gasteiger partial charge in [-0.1, -0.05) is 39.3 Å². The van der Waals surface area contributed by atoms with Crippen molar-refractivity contribution in [3.8, 4) is 0 Å². The van der Waals surface area contributed by atoms with Crippen molar-refractivity contribution < 1.29 is 4.79 Å². The van der Waals surface area contributed by atoms with E-state index >= 15 is 0 Å². The smallest absolute Gasteiger partial charge is 0.267 e. The summed E-state index contributed by atoms with van der Waals surface area (Å²) in [5.41, 5.74) is 5.84. The summed E-state index contributed by atoms with van der Waals surface area (Å²) < 4.78 is 0. The molecule has 3 atom stereocenters. The van der Waals surface area contributed by atoms with Crippen molar-refractivity contribution in [1.29, 1.82) is 0 Å². The Morgan fingerprint density at radius 2 is 1.83 bits per heavy atom. The van der Waals surface area contributed by atoms with Gasteiger partial charge in [0.1, 0.15) is 0 Å². The van der Waals surface area contributed by atoms with E-state index in [1.54, 1.807) is 0 Å². The Bertz CT molecular complexity index is 610. The lowest BCUT2D eigenvalue weighted by atomic mass is 9.86. The van der Waals surface area contributed by atoms with Gasteiger partial charge < -0.3 is 0 Å². The van der Waals surface area contributed by atoms with Crippen molar-refractivity contribution in [2.24, 2.45) is 22.9 Å². The van der Waals surface area contributed by atoms with Crippen LogP contribution >= 0.6 is 0 Å². The van der Waals surface area contributed by atoms with Gasteiger partial charge in [0, 0.05) is 17.2 Å². The van der Waals surface area contributed by atoms with E-state index in [9.17, 15) is 4.79 Å². The molecular formula is C20H28N2O. The van der Waals surface area contributed by atoms with Gasteiger partial charge >= 0.3 is 0 Å². The molecule has 2 fully saturated rings. The number of rotatable bonds is 3. The molecule has 3 rings (SSSR count). The summed E-state index contributed by atoms with van der Waals surface area (Å²) in [4.78, 5) is 12.3. The minimum absolute atomic E-state index is 0.103. The molecule has 3 unspecified atom stereocenters. The zero-order valence-electron chi connectivity index (χ0n) is 14.7. The lowest BCUT2D eigenvalue weighted by Crippen LogP contribution is -2.24. The second-order valence-electron chi connectivity index (χ2n) is 8.30. The molecular weight excluding hydrogens is 284 g/mol. The highest BCUT2D eigenvalue weighted by molar-refractivity contribution is 5.95. The summed E-state index contributed by atoms with van der Waals surface area (Å²) in [6.45, 7) is 8.58. The van der Waals surface area contributed by atoms with Crippen LogP contribution in [0.5, 0.6) is 0 Å². The van der Waals surface area contributed by atoms with Crippen molar-refractivity contribution >= 4 is 11.6 Å². The Morgan fingerprint density at radius 3 is 2.35 bits per heavy atom. The van der Waals surface area contributed by atoms with Crippen LogP contribution in [0.4, 0.5) is 0 Å². The third-order valence-electron chi connectivity index (χ3n) is 5.62. The molecule has 0 radical (unpaired) electrons. The van der Waals surface area contributed by atoms with Crippen LogP contribution < -0.4 is 5.43 Å². The first kappa shape index (κ1) is 16.2. The van der Waals surface area contributed by atoms with Crippen LogP contribution in [0, 0.1) is 17.8 Å².